The van der Waals surface area contributed by atoms with Crippen LogP contribution in [-0.4, -0.2) is 38.3 Å². The van der Waals surface area contributed by atoms with Crippen LogP contribution in [0.25, 0.3) is 0 Å². The Labute approximate surface area is 141 Å². The Balaban J connectivity index is 2.10. The zero-order chi connectivity index (χ0) is 18.6. The smallest absolute Gasteiger partial charge is 0.387 e. The molecule has 0 radical (unpaired) electrons. The van der Waals surface area contributed by atoms with Gasteiger partial charge in [0.1, 0.15) is 10.6 Å². The number of hydroxylamine groups is 1. The third-order valence-corrected chi connectivity index (χ3v) is 3.70. The SMILES string of the molecule is COc1nn(C(=O)NOS(=O)c2ccccc2OC(F)F)c(=O)n1C. The highest BCUT2D eigenvalue weighted by Crippen LogP contribution is 2.23. The van der Waals surface area contributed by atoms with Crippen LogP contribution in [0, 0.1) is 0 Å². The summed E-state index contributed by atoms with van der Waals surface area (Å²) in [5, 5.41) is 3.57. The van der Waals surface area contributed by atoms with Gasteiger partial charge in [0.05, 0.1) is 7.11 Å². The number of methoxy groups -OCH3 is 1. The highest BCUT2D eigenvalue weighted by Gasteiger charge is 2.20. The zero-order valence-electron chi connectivity index (χ0n) is 12.8. The standard InChI is InChI=1S/C12H12F2N4O6S/c1-17-11(22-2)15-18(12(17)20)10(19)16-24-25(21)8-6-4-3-5-7(8)23-9(13)14/h3-6,9H,1-2H3,(H,16,19). The summed E-state index contributed by atoms with van der Waals surface area (Å²) in [7, 11) is 2.56. The molecule has 13 heteroatoms. The molecule has 1 N–H and O–H groups in total. The van der Waals surface area contributed by atoms with Gasteiger partial charge in [-0.1, -0.05) is 12.1 Å². The number of amides is 1. The van der Waals surface area contributed by atoms with Crippen LogP contribution in [0.1, 0.15) is 0 Å². The predicted molar refractivity (Wildman–Crippen MR) is 78.5 cm³/mol. The topological polar surface area (TPSA) is 114 Å². The molecule has 2 rings (SSSR count). The summed E-state index contributed by atoms with van der Waals surface area (Å²) in [6.45, 7) is -3.13. The van der Waals surface area contributed by atoms with E-state index < -0.39 is 29.4 Å². The second kappa shape index (κ2) is 7.85. The van der Waals surface area contributed by atoms with Gasteiger partial charge in [-0.15, -0.1) is 9.78 Å². The maximum Gasteiger partial charge on any atom is 0.387 e. The van der Waals surface area contributed by atoms with Crippen LogP contribution in [0.2, 0.25) is 0 Å². The van der Waals surface area contributed by atoms with Crippen LogP contribution in [0.5, 0.6) is 11.8 Å². The van der Waals surface area contributed by atoms with Gasteiger partial charge >= 0.3 is 24.3 Å². The number of benzene rings is 1. The summed E-state index contributed by atoms with van der Waals surface area (Å²) in [5.74, 6) is -0.387. The highest BCUT2D eigenvalue weighted by molar-refractivity contribution is 7.80. The van der Waals surface area contributed by atoms with Gasteiger partial charge in [-0.05, 0) is 12.1 Å². The second-order valence-corrected chi connectivity index (χ2v) is 5.37. The van der Waals surface area contributed by atoms with Crippen LogP contribution < -0.4 is 20.6 Å². The van der Waals surface area contributed by atoms with Crippen LogP contribution in [0.4, 0.5) is 13.6 Å². The van der Waals surface area contributed by atoms with Gasteiger partial charge in [0.15, 0.2) is 0 Å². The summed E-state index contributed by atoms with van der Waals surface area (Å²) in [5.41, 5.74) is 0.890. The van der Waals surface area contributed by atoms with E-state index in [4.69, 9.17) is 4.74 Å². The van der Waals surface area contributed by atoms with E-state index in [9.17, 15) is 22.6 Å². The van der Waals surface area contributed by atoms with Gasteiger partial charge in [-0.3, -0.25) is 0 Å². The largest absolute Gasteiger partial charge is 0.467 e. The third-order valence-electron chi connectivity index (χ3n) is 2.76. The number of alkyl halides is 2. The number of halogens is 2. The molecule has 0 aliphatic carbocycles. The lowest BCUT2D eigenvalue weighted by Crippen LogP contribution is -2.37. The molecular formula is C12H12F2N4O6S. The summed E-state index contributed by atoms with van der Waals surface area (Å²) in [4.78, 5) is 23.4. The number of carbonyl (C=O) groups excluding carboxylic acids is 1. The number of rotatable bonds is 6. The number of hydrogen-bond acceptors (Lipinski definition) is 7. The predicted octanol–water partition coefficient (Wildman–Crippen LogP) is 0.404. The maximum absolute atomic E-state index is 12.3. The van der Waals surface area contributed by atoms with Crippen LogP contribution >= 0.6 is 0 Å². The number of ether oxygens (including phenoxy) is 2. The average Bonchev–Trinajstić information content (AvgIpc) is 2.87. The molecule has 0 saturated carbocycles. The maximum atomic E-state index is 12.3. The summed E-state index contributed by atoms with van der Waals surface area (Å²) >= 11 is -2.38. The van der Waals surface area contributed by atoms with Crippen molar-refractivity contribution < 1.29 is 31.5 Å². The van der Waals surface area contributed by atoms with Crippen molar-refractivity contribution in [2.24, 2.45) is 7.05 Å². The number of carbonyl (C=O) groups is 1. The van der Waals surface area contributed by atoms with Crippen LogP contribution in [0.3, 0.4) is 0 Å². The Morgan fingerprint density at radius 3 is 2.64 bits per heavy atom. The van der Waals surface area contributed by atoms with E-state index in [0.717, 1.165) is 10.6 Å². The lowest BCUT2D eigenvalue weighted by molar-refractivity contribution is -0.0518. The van der Waals surface area contributed by atoms with Crippen molar-refractivity contribution in [3.63, 3.8) is 0 Å². The number of hydrogen-bond donors (Lipinski definition) is 1. The lowest BCUT2D eigenvalue weighted by atomic mass is 10.3. The Bertz CT molecular complexity index is 852. The Kier molecular flexibility index (Phi) is 5.82. The molecule has 1 aromatic carbocycles. The second-order valence-electron chi connectivity index (χ2n) is 4.29. The molecule has 1 heterocycles. The van der Waals surface area contributed by atoms with Gasteiger partial charge < -0.3 is 9.47 Å². The number of nitrogens with zero attached hydrogens (tertiary/aromatic N) is 3. The Morgan fingerprint density at radius 2 is 2.04 bits per heavy atom. The van der Waals surface area contributed by atoms with E-state index in [1.165, 1.54) is 32.4 Å². The monoisotopic (exact) mass is 378 g/mol. The summed E-state index contributed by atoms with van der Waals surface area (Å²) in [6.07, 6.45) is 0. The summed E-state index contributed by atoms with van der Waals surface area (Å²) < 4.78 is 51.6. The van der Waals surface area contributed by atoms with Crippen molar-refractivity contribution in [1.29, 1.82) is 0 Å². The molecule has 136 valence electrons. The molecule has 2 aromatic rings. The van der Waals surface area contributed by atoms with Crippen molar-refractivity contribution in [1.82, 2.24) is 19.8 Å². The fraction of sp³-hybridized carbons (Fsp3) is 0.250. The number of aromatic nitrogens is 3. The number of para-hydroxylation sites is 1. The average molecular weight is 378 g/mol. The lowest BCUT2D eigenvalue weighted by Gasteiger charge is -2.09. The fourth-order valence-electron chi connectivity index (χ4n) is 1.67. The van der Waals surface area contributed by atoms with E-state index in [1.54, 1.807) is 5.48 Å². The first-order chi connectivity index (χ1) is 11.8. The van der Waals surface area contributed by atoms with E-state index in [2.05, 4.69) is 14.1 Å². The molecule has 0 spiro atoms. The molecule has 0 aliphatic rings. The zero-order valence-corrected chi connectivity index (χ0v) is 13.7. The van der Waals surface area contributed by atoms with E-state index >= 15 is 0 Å². The van der Waals surface area contributed by atoms with Crippen molar-refractivity contribution in [3.05, 3.63) is 34.7 Å². The Morgan fingerprint density at radius 1 is 1.36 bits per heavy atom. The van der Waals surface area contributed by atoms with Gasteiger partial charge in [-0.25, -0.2) is 18.4 Å². The molecule has 0 aliphatic heterocycles. The van der Waals surface area contributed by atoms with Crippen molar-refractivity contribution >= 4 is 17.1 Å². The van der Waals surface area contributed by atoms with Crippen LogP contribution in [0.15, 0.2) is 34.0 Å². The first kappa shape index (κ1) is 18.5. The molecule has 1 aromatic heterocycles. The molecule has 1 unspecified atom stereocenters. The van der Waals surface area contributed by atoms with Gasteiger partial charge in [0.25, 0.3) is 0 Å². The third kappa shape index (κ3) is 4.19. The first-order valence-corrected chi connectivity index (χ1v) is 7.56. The van der Waals surface area contributed by atoms with E-state index in [-0.39, 0.29) is 16.7 Å². The van der Waals surface area contributed by atoms with Gasteiger partial charge in [-0.2, -0.15) is 18.5 Å². The molecule has 25 heavy (non-hydrogen) atoms. The fourth-order valence-corrected chi connectivity index (χ4v) is 2.38. The number of nitrogens with one attached hydrogen (secondary N) is 1. The van der Waals surface area contributed by atoms with E-state index in [0.29, 0.717) is 4.68 Å². The molecule has 10 nitrogen and oxygen atoms in total. The molecule has 1 amide bonds. The van der Waals surface area contributed by atoms with Gasteiger partial charge in [0.2, 0.25) is 11.1 Å². The van der Waals surface area contributed by atoms with Crippen molar-refractivity contribution in [2.45, 2.75) is 11.5 Å². The minimum absolute atomic E-state index is 0.142. The molecular weight excluding hydrogens is 366 g/mol. The minimum Gasteiger partial charge on any atom is -0.467 e. The van der Waals surface area contributed by atoms with Crippen molar-refractivity contribution in [3.8, 4) is 11.8 Å². The Hall–Kier alpha value is -2.80. The molecule has 0 fully saturated rings. The summed E-state index contributed by atoms with van der Waals surface area (Å²) in [6, 6.07) is 3.84. The first-order valence-electron chi connectivity index (χ1n) is 6.48. The van der Waals surface area contributed by atoms with Crippen LogP contribution in [-0.2, 0) is 22.4 Å². The van der Waals surface area contributed by atoms with E-state index in [1.807, 2.05) is 0 Å². The normalized spacial score (nSPS) is 12.0. The minimum atomic E-state index is -3.13. The molecule has 0 saturated heterocycles. The van der Waals surface area contributed by atoms with Crippen molar-refractivity contribution in [2.75, 3.05) is 7.11 Å². The van der Waals surface area contributed by atoms with Gasteiger partial charge in [0, 0.05) is 7.05 Å². The molecule has 0 bridgehead atoms. The highest BCUT2D eigenvalue weighted by atomic mass is 32.2. The quantitative estimate of drug-likeness (QED) is 0.724. The molecule has 1 atom stereocenters.